The van der Waals surface area contributed by atoms with Crippen LogP contribution in [0.15, 0.2) is 84.9 Å². The van der Waals surface area contributed by atoms with E-state index in [4.69, 9.17) is 4.74 Å². The SMILES string of the molecule is c1ccc(N2CCc3ccc4ccc5c(c4c3C2)CN(c2ccccc2)CO5)cc1. The summed E-state index contributed by atoms with van der Waals surface area (Å²) in [6.45, 7) is 3.47. The van der Waals surface area contributed by atoms with Gasteiger partial charge in [-0.2, -0.15) is 0 Å². The molecule has 0 aliphatic carbocycles. The average molecular weight is 393 g/mol. The number of hydrogen-bond donors (Lipinski definition) is 0. The molecule has 2 heterocycles. The van der Waals surface area contributed by atoms with E-state index in [9.17, 15) is 0 Å². The normalized spacial score (nSPS) is 15.5. The van der Waals surface area contributed by atoms with Crippen molar-refractivity contribution in [1.29, 1.82) is 0 Å². The van der Waals surface area contributed by atoms with Crippen molar-refractivity contribution in [2.24, 2.45) is 0 Å². The molecule has 2 aliphatic heterocycles. The number of nitrogens with zero attached hydrogens (tertiary/aromatic N) is 2. The highest BCUT2D eigenvalue weighted by Gasteiger charge is 2.25. The van der Waals surface area contributed by atoms with Crippen molar-refractivity contribution in [2.75, 3.05) is 23.1 Å². The van der Waals surface area contributed by atoms with E-state index in [1.165, 1.54) is 38.8 Å². The fourth-order valence-corrected chi connectivity index (χ4v) is 4.87. The molecule has 4 aromatic carbocycles. The molecule has 0 saturated heterocycles. The molecule has 0 unspecified atom stereocenters. The van der Waals surface area contributed by atoms with Gasteiger partial charge in [0.2, 0.25) is 0 Å². The number of para-hydroxylation sites is 2. The zero-order valence-corrected chi connectivity index (χ0v) is 16.9. The largest absolute Gasteiger partial charge is 0.473 e. The smallest absolute Gasteiger partial charge is 0.161 e. The summed E-state index contributed by atoms with van der Waals surface area (Å²) in [4.78, 5) is 4.82. The van der Waals surface area contributed by atoms with Crippen molar-refractivity contribution in [1.82, 2.24) is 0 Å². The van der Waals surface area contributed by atoms with Crippen LogP contribution in [0.2, 0.25) is 0 Å². The van der Waals surface area contributed by atoms with Crippen molar-refractivity contribution in [3.63, 3.8) is 0 Å². The number of hydrogen-bond acceptors (Lipinski definition) is 3. The van der Waals surface area contributed by atoms with E-state index in [0.717, 1.165) is 31.8 Å². The monoisotopic (exact) mass is 392 g/mol. The quantitative estimate of drug-likeness (QED) is 0.431. The summed E-state index contributed by atoms with van der Waals surface area (Å²) in [5, 5.41) is 2.69. The van der Waals surface area contributed by atoms with Gasteiger partial charge in [-0.25, -0.2) is 0 Å². The number of benzene rings is 4. The number of anilines is 2. The molecule has 0 atom stereocenters. The van der Waals surface area contributed by atoms with Gasteiger partial charge in [0.1, 0.15) is 5.75 Å². The lowest BCUT2D eigenvalue weighted by molar-refractivity contribution is 0.290. The van der Waals surface area contributed by atoms with E-state index in [-0.39, 0.29) is 0 Å². The van der Waals surface area contributed by atoms with Crippen LogP contribution in [-0.4, -0.2) is 13.3 Å². The van der Waals surface area contributed by atoms with Crippen molar-refractivity contribution in [2.45, 2.75) is 19.5 Å². The summed E-state index contributed by atoms with van der Waals surface area (Å²) in [6.07, 6.45) is 1.08. The Morgan fingerprint density at radius 1 is 0.633 bits per heavy atom. The van der Waals surface area contributed by atoms with E-state index in [1.54, 1.807) is 0 Å². The first-order valence-electron chi connectivity index (χ1n) is 10.7. The molecule has 30 heavy (non-hydrogen) atoms. The summed E-state index contributed by atoms with van der Waals surface area (Å²) >= 11 is 0. The lowest BCUT2D eigenvalue weighted by Crippen LogP contribution is -2.33. The number of ether oxygens (including phenoxy) is 1. The summed E-state index contributed by atoms with van der Waals surface area (Å²) in [7, 11) is 0. The van der Waals surface area contributed by atoms with E-state index < -0.39 is 0 Å². The molecule has 0 amide bonds. The van der Waals surface area contributed by atoms with Crippen molar-refractivity contribution in [3.8, 4) is 5.75 Å². The molecule has 3 heteroatoms. The minimum atomic E-state index is 0.591. The second kappa shape index (κ2) is 7.10. The molecule has 0 radical (unpaired) electrons. The predicted octanol–water partition coefficient (Wildman–Crippen LogP) is 5.76. The van der Waals surface area contributed by atoms with Crippen LogP contribution in [0.3, 0.4) is 0 Å². The fraction of sp³-hybridized carbons (Fsp3) is 0.185. The second-order valence-corrected chi connectivity index (χ2v) is 8.16. The van der Waals surface area contributed by atoms with Crippen LogP contribution in [0.1, 0.15) is 16.7 Å². The topological polar surface area (TPSA) is 15.7 Å². The van der Waals surface area contributed by atoms with Crippen LogP contribution in [0, 0.1) is 0 Å². The van der Waals surface area contributed by atoms with Gasteiger partial charge >= 0.3 is 0 Å². The first-order valence-corrected chi connectivity index (χ1v) is 10.7. The van der Waals surface area contributed by atoms with Gasteiger partial charge in [-0.05, 0) is 58.7 Å². The van der Waals surface area contributed by atoms with Gasteiger partial charge in [0.25, 0.3) is 0 Å². The van der Waals surface area contributed by atoms with E-state index in [1.807, 2.05) is 0 Å². The van der Waals surface area contributed by atoms with E-state index >= 15 is 0 Å². The minimum Gasteiger partial charge on any atom is -0.473 e. The Kier molecular flexibility index (Phi) is 4.12. The standard InChI is InChI=1S/C27H24N2O/c1-3-7-22(8-4-1)28-16-15-20-11-12-21-13-14-26-25(27(21)24(20)17-28)18-29(19-30-26)23-9-5-2-6-10-23/h1-14H,15-19H2. The van der Waals surface area contributed by atoms with E-state index in [0.29, 0.717) is 6.73 Å². The number of fused-ring (bicyclic) bond motifs is 5. The molecule has 2 aliphatic rings. The second-order valence-electron chi connectivity index (χ2n) is 8.16. The highest BCUT2D eigenvalue weighted by atomic mass is 16.5. The maximum Gasteiger partial charge on any atom is 0.161 e. The molecular weight excluding hydrogens is 368 g/mol. The third-order valence-corrected chi connectivity index (χ3v) is 6.42. The lowest BCUT2D eigenvalue weighted by atomic mass is 9.90. The molecular formula is C27H24N2O. The molecule has 0 saturated carbocycles. The highest BCUT2D eigenvalue weighted by Crippen LogP contribution is 2.39. The van der Waals surface area contributed by atoms with E-state index in [2.05, 4.69) is 94.7 Å². The average Bonchev–Trinajstić information content (AvgIpc) is 2.84. The Balaban J connectivity index is 1.46. The summed E-state index contributed by atoms with van der Waals surface area (Å²) < 4.78 is 6.21. The van der Waals surface area contributed by atoms with Crippen LogP contribution in [0.4, 0.5) is 11.4 Å². The molecule has 0 spiro atoms. The first kappa shape index (κ1) is 17.4. The van der Waals surface area contributed by atoms with Gasteiger partial charge < -0.3 is 14.5 Å². The lowest BCUT2D eigenvalue weighted by Gasteiger charge is -2.35. The maximum atomic E-state index is 6.21. The van der Waals surface area contributed by atoms with Gasteiger partial charge in [-0.1, -0.05) is 54.6 Å². The Morgan fingerprint density at radius 2 is 1.30 bits per heavy atom. The predicted molar refractivity (Wildman–Crippen MR) is 123 cm³/mol. The third-order valence-electron chi connectivity index (χ3n) is 6.42. The van der Waals surface area contributed by atoms with Crippen LogP contribution in [-0.2, 0) is 19.5 Å². The van der Waals surface area contributed by atoms with Crippen LogP contribution in [0.25, 0.3) is 10.8 Å². The molecule has 0 fully saturated rings. The Bertz CT molecular complexity index is 1110. The molecule has 6 rings (SSSR count). The summed E-state index contributed by atoms with van der Waals surface area (Å²) in [5.41, 5.74) is 6.75. The van der Waals surface area contributed by atoms with Gasteiger partial charge in [-0.15, -0.1) is 0 Å². The Hall–Kier alpha value is -3.46. The fourth-order valence-electron chi connectivity index (χ4n) is 4.87. The van der Waals surface area contributed by atoms with Crippen LogP contribution < -0.4 is 14.5 Å². The van der Waals surface area contributed by atoms with Crippen molar-refractivity contribution in [3.05, 3.63) is 102 Å². The third kappa shape index (κ3) is 2.89. The molecule has 4 aromatic rings. The van der Waals surface area contributed by atoms with Gasteiger partial charge in [0.05, 0.1) is 6.54 Å². The maximum absolute atomic E-state index is 6.21. The van der Waals surface area contributed by atoms with Gasteiger partial charge in [0.15, 0.2) is 6.73 Å². The summed E-state index contributed by atoms with van der Waals surface area (Å²) in [6, 6.07) is 30.3. The molecule has 0 aromatic heterocycles. The number of rotatable bonds is 2. The van der Waals surface area contributed by atoms with Crippen molar-refractivity contribution >= 4 is 22.1 Å². The molecule has 3 nitrogen and oxygen atoms in total. The van der Waals surface area contributed by atoms with Gasteiger partial charge in [0, 0.05) is 30.0 Å². The van der Waals surface area contributed by atoms with Crippen molar-refractivity contribution < 1.29 is 4.74 Å². The Labute approximate surface area is 177 Å². The highest BCUT2D eigenvalue weighted by molar-refractivity contribution is 5.92. The van der Waals surface area contributed by atoms with Crippen LogP contribution in [0.5, 0.6) is 5.75 Å². The molecule has 148 valence electrons. The van der Waals surface area contributed by atoms with Gasteiger partial charge in [-0.3, -0.25) is 0 Å². The summed E-state index contributed by atoms with van der Waals surface area (Å²) in [5.74, 6) is 1.03. The van der Waals surface area contributed by atoms with Crippen LogP contribution >= 0.6 is 0 Å². The zero-order chi connectivity index (χ0) is 19.9. The molecule has 0 bridgehead atoms. The zero-order valence-electron chi connectivity index (χ0n) is 16.9. The minimum absolute atomic E-state index is 0.591. The molecule has 0 N–H and O–H groups in total. The Morgan fingerprint density at radius 3 is 2.07 bits per heavy atom. The first-order chi connectivity index (χ1) is 14.9.